The summed E-state index contributed by atoms with van der Waals surface area (Å²) in [5, 5.41) is 0. The van der Waals surface area contributed by atoms with Crippen molar-refractivity contribution in [3.63, 3.8) is 0 Å². The molecule has 2 aromatic carbocycles. The van der Waals surface area contributed by atoms with Crippen molar-refractivity contribution in [2.45, 2.75) is 6.92 Å². The summed E-state index contributed by atoms with van der Waals surface area (Å²) in [4.78, 5) is 16.3. The molecule has 0 spiro atoms. The van der Waals surface area contributed by atoms with E-state index in [1.165, 1.54) is 0 Å². The topological polar surface area (TPSA) is 47.9 Å². The molecule has 0 amide bonds. The Labute approximate surface area is 128 Å². The highest BCUT2D eigenvalue weighted by atomic mass is 16.6. The lowest BCUT2D eigenvalue weighted by molar-refractivity contribution is -0.129. The van der Waals surface area contributed by atoms with Crippen LogP contribution in [0.4, 0.5) is 0 Å². The van der Waals surface area contributed by atoms with Gasteiger partial charge in [0.25, 0.3) is 0 Å². The van der Waals surface area contributed by atoms with Crippen LogP contribution in [0.2, 0.25) is 0 Å². The number of carbonyl (C=O) groups is 1. The molecule has 0 unspecified atom stereocenters. The second kappa shape index (κ2) is 5.85. The molecule has 2 aromatic rings. The Balaban J connectivity index is 1.92. The Kier molecular flexibility index (Phi) is 3.74. The van der Waals surface area contributed by atoms with Crippen LogP contribution in [0.25, 0.3) is 6.08 Å². The molecule has 4 nitrogen and oxygen atoms in total. The van der Waals surface area contributed by atoms with Gasteiger partial charge in [0, 0.05) is 5.56 Å². The molecular weight excluding hydrogens is 278 g/mol. The molecule has 0 saturated carbocycles. The first-order chi connectivity index (χ1) is 10.7. The molecule has 0 N–H and O–H groups in total. The lowest BCUT2D eigenvalue weighted by Gasteiger charge is -2.01. The van der Waals surface area contributed by atoms with Crippen LogP contribution in [0.5, 0.6) is 5.75 Å². The van der Waals surface area contributed by atoms with Crippen LogP contribution in [0.15, 0.2) is 59.2 Å². The molecule has 3 rings (SSSR count). The van der Waals surface area contributed by atoms with Crippen molar-refractivity contribution in [1.29, 1.82) is 0 Å². The largest absolute Gasteiger partial charge is 0.497 e. The first-order valence-corrected chi connectivity index (χ1v) is 6.90. The number of benzene rings is 2. The van der Waals surface area contributed by atoms with Gasteiger partial charge in [-0.1, -0.05) is 24.3 Å². The maximum Gasteiger partial charge on any atom is 0.363 e. The number of hydrogen-bond acceptors (Lipinski definition) is 4. The number of methoxy groups -OCH3 is 1. The number of cyclic esters (lactones) is 1. The fourth-order valence-electron chi connectivity index (χ4n) is 2.16. The van der Waals surface area contributed by atoms with Crippen LogP contribution in [0.1, 0.15) is 16.7 Å². The molecule has 0 bridgehead atoms. The fourth-order valence-corrected chi connectivity index (χ4v) is 2.16. The van der Waals surface area contributed by atoms with Gasteiger partial charge in [-0.05, 0) is 48.4 Å². The van der Waals surface area contributed by atoms with E-state index in [1.807, 2.05) is 43.3 Å². The highest BCUT2D eigenvalue weighted by Crippen LogP contribution is 2.21. The van der Waals surface area contributed by atoms with E-state index in [4.69, 9.17) is 9.47 Å². The van der Waals surface area contributed by atoms with Gasteiger partial charge in [0.05, 0.1) is 7.11 Å². The van der Waals surface area contributed by atoms with Gasteiger partial charge in [0.1, 0.15) is 5.75 Å². The summed E-state index contributed by atoms with van der Waals surface area (Å²) < 4.78 is 10.4. The molecule has 0 aliphatic carbocycles. The third-order valence-electron chi connectivity index (χ3n) is 3.44. The Bertz CT molecular complexity index is 773. The summed E-state index contributed by atoms with van der Waals surface area (Å²) in [5.74, 6) is 0.617. The number of esters is 1. The number of aryl methyl sites for hydroxylation is 1. The van der Waals surface area contributed by atoms with Gasteiger partial charge in [0.15, 0.2) is 5.70 Å². The summed E-state index contributed by atoms with van der Waals surface area (Å²) in [6.45, 7) is 1.99. The van der Waals surface area contributed by atoms with Crippen LogP contribution >= 0.6 is 0 Å². The minimum absolute atomic E-state index is 0.306. The van der Waals surface area contributed by atoms with E-state index in [2.05, 4.69) is 4.99 Å². The van der Waals surface area contributed by atoms with Crippen molar-refractivity contribution in [3.05, 3.63) is 70.9 Å². The standard InChI is InChI=1S/C18H15NO3/c1-12-5-3-4-6-14(12)11-16-18(20)22-17(19-16)13-7-9-15(21-2)10-8-13/h3-11H,1-2H3/b16-11+. The fraction of sp³-hybridized carbons (Fsp3) is 0.111. The quantitative estimate of drug-likeness (QED) is 0.644. The number of rotatable bonds is 3. The lowest BCUT2D eigenvalue weighted by Crippen LogP contribution is -2.05. The first-order valence-electron chi connectivity index (χ1n) is 6.90. The number of aliphatic imine (C=N–C) groups is 1. The zero-order valence-electron chi connectivity index (χ0n) is 12.4. The van der Waals surface area contributed by atoms with Crippen LogP contribution in [-0.2, 0) is 9.53 Å². The minimum Gasteiger partial charge on any atom is -0.497 e. The van der Waals surface area contributed by atoms with E-state index < -0.39 is 5.97 Å². The van der Waals surface area contributed by atoms with Gasteiger partial charge in [-0.25, -0.2) is 9.79 Å². The molecule has 1 heterocycles. The van der Waals surface area contributed by atoms with Gasteiger partial charge in [0.2, 0.25) is 5.90 Å². The second-order valence-electron chi connectivity index (χ2n) is 4.92. The van der Waals surface area contributed by atoms with Crippen molar-refractivity contribution < 1.29 is 14.3 Å². The smallest absolute Gasteiger partial charge is 0.363 e. The zero-order chi connectivity index (χ0) is 15.5. The van der Waals surface area contributed by atoms with E-state index in [-0.39, 0.29) is 0 Å². The van der Waals surface area contributed by atoms with Gasteiger partial charge < -0.3 is 9.47 Å². The van der Waals surface area contributed by atoms with Crippen molar-refractivity contribution in [2.24, 2.45) is 4.99 Å². The SMILES string of the molecule is COc1ccc(C2=N/C(=C/c3ccccc3C)C(=O)O2)cc1. The maximum atomic E-state index is 12.0. The molecule has 0 radical (unpaired) electrons. The summed E-state index contributed by atoms with van der Waals surface area (Å²) in [7, 11) is 1.60. The molecule has 1 aliphatic rings. The van der Waals surface area contributed by atoms with Gasteiger partial charge in [-0.3, -0.25) is 0 Å². The summed E-state index contributed by atoms with van der Waals surface area (Å²) in [6.07, 6.45) is 1.74. The molecule has 4 heteroatoms. The molecule has 1 aliphatic heterocycles. The van der Waals surface area contributed by atoms with E-state index >= 15 is 0 Å². The monoisotopic (exact) mass is 293 g/mol. The summed E-state index contributed by atoms with van der Waals surface area (Å²) >= 11 is 0. The first kappa shape index (κ1) is 14.1. The van der Waals surface area contributed by atoms with Crippen LogP contribution in [0.3, 0.4) is 0 Å². The molecule has 0 atom stereocenters. The molecule has 0 aromatic heterocycles. The molecule has 0 saturated heterocycles. The van der Waals surface area contributed by atoms with Gasteiger partial charge >= 0.3 is 5.97 Å². The van der Waals surface area contributed by atoms with Crippen molar-refractivity contribution in [3.8, 4) is 5.75 Å². The molecule has 22 heavy (non-hydrogen) atoms. The second-order valence-corrected chi connectivity index (χ2v) is 4.92. The molecule has 110 valence electrons. The minimum atomic E-state index is -0.436. The Morgan fingerprint density at radius 2 is 1.82 bits per heavy atom. The third-order valence-corrected chi connectivity index (χ3v) is 3.44. The average Bonchev–Trinajstić information content (AvgIpc) is 2.91. The van der Waals surface area contributed by atoms with E-state index in [0.29, 0.717) is 11.6 Å². The zero-order valence-corrected chi connectivity index (χ0v) is 12.4. The van der Waals surface area contributed by atoms with E-state index in [9.17, 15) is 4.79 Å². The van der Waals surface area contributed by atoms with Crippen LogP contribution < -0.4 is 4.74 Å². The summed E-state index contributed by atoms with van der Waals surface area (Å²) in [5.41, 5.74) is 3.08. The maximum absolute atomic E-state index is 12.0. The predicted molar refractivity (Wildman–Crippen MR) is 84.8 cm³/mol. The van der Waals surface area contributed by atoms with Crippen LogP contribution in [-0.4, -0.2) is 19.0 Å². The van der Waals surface area contributed by atoms with Crippen LogP contribution in [0, 0.1) is 6.92 Å². The highest BCUT2D eigenvalue weighted by Gasteiger charge is 2.24. The predicted octanol–water partition coefficient (Wildman–Crippen LogP) is 3.35. The normalized spacial score (nSPS) is 15.6. The molecular formula is C18H15NO3. The third kappa shape index (κ3) is 2.76. The number of ether oxygens (including phenoxy) is 2. The molecule has 0 fully saturated rings. The number of hydrogen-bond donors (Lipinski definition) is 0. The Morgan fingerprint density at radius 3 is 2.50 bits per heavy atom. The average molecular weight is 293 g/mol. The van der Waals surface area contributed by atoms with Gasteiger partial charge in [-0.2, -0.15) is 0 Å². The van der Waals surface area contributed by atoms with E-state index in [0.717, 1.165) is 22.4 Å². The van der Waals surface area contributed by atoms with Crippen molar-refractivity contribution in [1.82, 2.24) is 0 Å². The number of carbonyl (C=O) groups excluding carboxylic acids is 1. The summed E-state index contributed by atoms with van der Waals surface area (Å²) in [6, 6.07) is 15.0. The van der Waals surface area contributed by atoms with Gasteiger partial charge in [-0.15, -0.1) is 0 Å². The van der Waals surface area contributed by atoms with Crippen molar-refractivity contribution >= 4 is 17.9 Å². The highest BCUT2D eigenvalue weighted by molar-refractivity contribution is 6.12. The lowest BCUT2D eigenvalue weighted by atomic mass is 10.1. The number of nitrogens with zero attached hydrogens (tertiary/aromatic N) is 1. The Morgan fingerprint density at radius 1 is 1.09 bits per heavy atom. The Hall–Kier alpha value is -2.88. The van der Waals surface area contributed by atoms with Crippen molar-refractivity contribution in [2.75, 3.05) is 7.11 Å². The van der Waals surface area contributed by atoms with E-state index in [1.54, 1.807) is 25.3 Å².